The van der Waals surface area contributed by atoms with Crippen LogP contribution in [0.15, 0.2) is 0 Å². The zero-order chi connectivity index (χ0) is 9.80. The maximum Gasteiger partial charge on any atom is 0.210 e. The summed E-state index contributed by atoms with van der Waals surface area (Å²) in [5.41, 5.74) is 0. The highest BCUT2D eigenvalue weighted by molar-refractivity contribution is 5.48. The SMILES string of the molecule is O=CN1CCOCC1C1COCCO1. The topological polar surface area (TPSA) is 48.0 Å². The Morgan fingerprint density at radius 2 is 2.00 bits per heavy atom. The predicted octanol–water partition coefficient (Wildman–Crippen LogP) is -0.741. The molecule has 2 aliphatic rings. The minimum absolute atomic E-state index is 0.0153. The molecular weight excluding hydrogens is 186 g/mol. The van der Waals surface area contributed by atoms with Crippen LogP contribution < -0.4 is 0 Å². The van der Waals surface area contributed by atoms with Gasteiger partial charge in [-0.25, -0.2) is 0 Å². The molecule has 0 aliphatic carbocycles. The van der Waals surface area contributed by atoms with E-state index in [9.17, 15) is 4.79 Å². The van der Waals surface area contributed by atoms with E-state index in [1.807, 2.05) is 0 Å². The average molecular weight is 201 g/mol. The van der Waals surface area contributed by atoms with Gasteiger partial charge in [-0.15, -0.1) is 0 Å². The van der Waals surface area contributed by atoms with Crippen LogP contribution in [0.25, 0.3) is 0 Å². The first-order valence-corrected chi connectivity index (χ1v) is 4.90. The van der Waals surface area contributed by atoms with Gasteiger partial charge in [-0.1, -0.05) is 0 Å². The molecule has 1 amide bonds. The second-order valence-corrected chi connectivity index (χ2v) is 3.47. The number of morpholine rings is 1. The monoisotopic (exact) mass is 201 g/mol. The highest BCUT2D eigenvalue weighted by Crippen LogP contribution is 2.14. The summed E-state index contributed by atoms with van der Waals surface area (Å²) in [6, 6.07) is 0.0153. The summed E-state index contributed by atoms with van der Waals surface area (Å²) in [5, 5.41) is 0. The minimum Gasteiger partial charge on any atom is -0.377 e. The van der Waals surface area contributed by atoms with Crippen LogP contribution in [0, 0.1) is 0 Å². The van der Waals surface area contributed by atoms with E-state index in [1.54, 1.807) is 4.90 Å². The molecule has 14 heavy (non-hydrogen) atoms. The molecule has 2 rings (SSSR count). The van der Waals surface area contributed by atoms with Crippen molar-refractivity contribution in [3.63, 3.8) is 0 Å². The van der Waals surface area contributed by atoms with Crippen molar-refractivity contribution in [2.75, 3.05) is 39.6 Å². The standard InChI is InChI=1S/C9H15NO4/c11-7-10-1-2-12-5-8(10)9-6-13-3-4-14-9/h7-9H,1-6H2. The van der Waals surface area contributed by atoms with E-state index in [4.69, 9.17) is 14.2 Å². The van der Waals surface area contributed by atoms with E-state index in [1.165, 1.54) is 0 Å². The molecule has 0 aromatic rings. The summed E-state index contributed by atoms with van der Waals surface area (Å²) in [6.07, 6.45) is 0.833. The number of carbonyl (C=O) groups is 1. The average Bonchev–Trinajstić information content (AvgIpc) is 2.30. The third-order valence-corrected chi connectivity index (χ3v) is 2.61. The highest BCUT2D eigenvalue weighted by atomic mass is 16.6. The van der Waals surface area contributed by atoms with E-state index in [2.05, 4.69) is 0 Å². The van der Waals surface area contributed by atoms with Crippen LogP contribution in [0.3, 0.4) is 0 Å². The Labute approximate surface area is 82.9 Å². The Morgan fingerprint density at radius 1 is 1.14 bits per heavy atom. The number of hydrogen-bond acceptors (Lipinski definition) is 4. The third kappa shape index (κ3) is 2.05. The van der Waals surface area contributed by atoms with Gasteiger partial charge in [0.05, 0.1) is 39.1 Å². The van der Waals surface area contributed by atoms with Gasteiger partial charge in [0.25, 0.3) is 0 Å². The van der Waals surface area contributed by atoms with Gasteiger partial charge >= 0.3 is 0 Å². The van der Waals surface area contributed by atoms with Crippen LogP contribution in [0.2, 0.25) is 0 Å². The fourth-order valence-corrected chi connectivity index (χ4v) is 1.82. The fraction of sp³-hybridized carbons (Fsp3) is 0.889. The Morgan fingerprint density at radius 3 is 2.71 bits per heavy atom. The van der Waals surface area contributed by atoms with E-state index < -0.39 is 0 Å². The first-order chi connectivity index (χ1) is 6.92. The van der Waals surface area contributed by atoms with Crippen molar-refractivity contribution in [3.8, 4) is 0 Å². The first-order valence-electron chi connectivity index (χ1n) is 4.90. The molecule has 2 atom stereocenters. The normalized spacial score (nSPS) is 34.1. The highest BCUT2D eigenvalue weighted by Gasteiger charge is 2.32. The van der Waals surface area contributed by atoms with Gasteiger partial charge in [-0.3, -0.25) is 4.79 Å². The Hall–Kier alpha value is -0.650. The van der Waals surface area contributed by atoms with Gasteiger partial charge in [0, 0.05) is 6.54 Å². The summed E-state index contributed by atoms with van der Waals surface area (Å²) >= 11 is 0. The van der Waals surface area contributed by atoms with Crippen LogP contribution in [0.4, 0.5) is 0 Å². The molecule has 2 heterocycles. The lowest BCUT2D eigenvalue weighted by atomic mass is 10.1. The molecule has 2 unspecified atom stereocenters. The van der Waals surface area contributed by atoms with Gasteiger partial charge in [-0.2, -0.15) is 0 Å². The van der Waals surface area contributed by atoms with Gasteiger partial charge in [0.2, 0.25) is 6.41 Å². The van der Waals surface area contributed by atoms with Crippen LogP contribution in [-0.4, -0.2) is 63.0 Å². The summed E-state index contributed by atoms with van der Waals surface area (Å²) in [4.78, 5) is 12.5. The van der Waals surface area contributed by atoms with Crippen LogP contribution in [0.5, 0.6) is 0 Å². The van der Waals surface area contributed by atoms with Crippen molar-refractivity contribution in [1.29, 1.82) is 0 Å². The molecule has 0 N–H and O–H groups in total. The Balaban J connectivity index is 1.94. The number of carbonyl (C=O) groups excluding carboxylic acids is 1. The molecule has 0 aromatic carbocycles. The smallest absolute Gasteiger partial charge is 0.210 e. The minimum atomic E-state index is -0.0331. The molecule has 5 nitrogen and oxygen atoms in total. The summed E-state index contributed by atoms with van der Waals surface area (Å²) in [7, 11) is 0. The fourth-order valence-electron chi connectivity index (χ4n) is 1.82. The molecule has 0 aromatic heterocycles. The first kappa shape index (κ1) is 9.89. The number of hydrogen-bond donors (Lipinski definition) is 0. The van der Waals surface area contributed by atoms with E-state index in [0.717, 1.165) is 6.41 Å². The van der Waals surface area contributed by atoms with Crippen molar-refractivity contribution in [2.24, 2.45) is 0 Å². The van der Waals surface area contributed by atoms with Crippen LogP contribution >= 0.6 is 0 Å². The van der Waals surface area contributed by atoms with Crippen molar-refractivity contribution in [2.45, 2.75) is 12.1 Å². The number of amides is 1. The largest absolute Gasteiger partial charge is 0.377 e. The molecule has 0 saturated carbocycles. The molecule has 2 fully saturated rings. The van der Waals surface area contributed by atoms with Gasteiger partial charge in [0.1, 0.15) is 6.10 Å². The second-order valence-electron chi connectivity index (χ2n) is 3.47. The van der Waals surface area contributed by atoms with Gasteiger partial charge in [-0.05, 0) is 0 Å². The summed E-state index contributed by atoms with van der Waals surface area (Å²) < 4.78 is 16.2. The maximum absolute atomic E-state index is 10.8. The zero-order valence-electron chi connectivity index (χ0n) is 8.05. The number of nitrogens with zero attached hydrogens (tertiary/aromatic N) is 1. The lowest BCUT2D eigenvalue weighted by Crippen LogP contribution is -2.54. The van der Waals surface area contributed by atoms with Gasteiger partial charge < -0.3 is 19.1 Å². The van der Waals surface area contributed by atoms with Crippen LogP contribution in [-0.2, 0) is 19.0 Å². The lowest BCUT2D eigenvalue weighted by molar-refractivity contribution is -0.155. The van der Waals surface area contributed by atoms with Crippen molar-refractivity contribution < 1.29 is 19.0 Å². The zero-order valence-corrected chi connectivity index (χ0v) is 8.05. The lowest BCUT2D eigenvalue weighted by Gasteiger charge is -2.38. The molecule has 5 heteroatoms. The molecule has 2 aliphatic heterocycles. The maximum atomic E-state index is 10.8. The van der Waals surface area contributed by atoms with Crippen molar-refractivity contribution in [1.82, 2.24) is 4.90 Å². The van der Waals surface area contributed by atoms with E-state index in [-0.39, 0.29) is 12.1 Å². The second kappa shape index (κ2) is 4.72. The van der Waals surface area contributed by atoms with Gasteiger partial charge in [0.15, 0.2) is 0 Å². The van der Waals surface area contributed by atoms with Crippen LogP contribution in [0.1, 0.15) is 0 Å². The molecule has 0 radical (unpaired) electrons. The Kier molecular flexibility index (Phi) is 3.34. The van der Waals surface area contributed by atoms with E-state index >= 15 is 0 Å². The van der Waals surface area contributed by atoms with Crippen molar-refractivity contribution >= 4 is 6.41 Å². The predicted molar refractivity (Wildman–Crippen MR) is 47.9 cm³/mol. The van der Waals surface area contributed by atoms with Crippen molar-refractivity contribution in [3.05, 3.63) is 0 Å². The Bertz CT molecular complexity index is 193. The molecule has 2 saturated heterocycles. The van der Waals surface area contributed by atoms with E-state index in [0.29, 0.717) is 39.6 Å². The molecule has 0 bridgehead atoms. The number of ether oxygens (including phenoxy) is 3. The number of rotatable bonds is 2. The molecule has 80 valence electrons. The third-order valence-electron chi connectivity index (χ3n) is 2.61. The summed E-state index contributed by atoms with van der Waals surface area (Å²) in [6.45, 7) is 3.61. The summed E-state index contributed by atoms with van der Waals surface area (Å²) in [5.74, 6) is 0. The molecule has 0 spiro atoms. The molecular formula is C9H15NO4. The quantitative estimate of drug-likeness (QED) is 0.552.